The number of hydrogen-bond acceptors (Lipinski definition) is 4. The minimum atomic E-state index is -0.353. The molecule has 2 aliphatic rings. The number of aromatic nitrogens is 1. The van der Waals surface area contributed by atoms with Crippen molar-refractivity contribution >= 4 is 17.4 Å². The fourth-order valence-corrected chi connectivity index (χ4v) is 4.77. The van der Waals surface area contributed by atoms with Gasteiger partial charge in [0.1, 0.15) is 5.75 Å². The molecule has 4 rings (SSSR count). The zero-order chi connectivity index (χ0) is 21.6. The molecular formula is C24H35N5O2. The van der Waals surface area contributed by atoms with E-state index in [9.17, 15) is 4.79 Å². The van der Waals surface area contributed by atoms with E-state index in [1.807, 2.05) is 12.1 Å². The number of carbonyl (C=O) groups is 1. The van der Waals surface area contributed by atoms with Crippen molar-refractivity contribution in [3.05, 3.63) is 42.2 Å². The molecule has 2 aliphatic heterocycles. The number of amides is 2. The van der Waals surface area contributed by atoms with Crippen LogP contribution < -0.4 is 20.3 Å². The number of para-hydroxylation sites is 2. The maximum Gasteiger partial charge on any atom is 0.319 e. The number of piperazine rings is 1. The standard InChI is InChI=1S/C24H35N5O2/c1-31-23-10-3-2-9-22(23)27-16-14-26(15-17-27)11-6-7-13-29(24(25)30)21-18-20-8-4-5-12-28(20)19-21/h2-3,9-10,18-19H,4-8,11-17H2,1H3,(H2,25,30). The second-order valence-corrected chi connectivity index (χ2v) is 8.54. The summed E-state index contributed by atoms with van der Waals surface area (Å²) < 4.78 is 7.78. The third kappa shape index (κ3) is 5.15. The Bertz CT molecular complexity index is 849. The number of unbranched alkanes of at least 4 members (excludes halogenated alkanes) is 1. The Morgan fingerprint density at radius 1 is 1.10 bits per heavy atom. The molecule has 3 heterocycles. The maximum absolute atomic E-state index is 12.0. The highest BCUT2D eigenvalue weighted by Crippen LogP contribution is 2.28. The van der Waals surface area contributed by atoms with Crippen LogP contribution in [0.5, 0.6) is 5.75 Å². The van der Waals surface area contributed by atoms with Gasteiger partial charge in [-0.2, -0.15) is 0 Å². The molecule has 0 saturated carbocycles. The summed E-state index contributed by atoms with van der Waals surface area (Å²) in [5, 5.41) is 0. The third-order valence-electron chi connectivity index (χ3n) is 6.54. The zero-order valence-corrected chi connectivity index (χ0v) is 18.6. The Morgan fingerprint density at radius 2 is 1.90 bits per heavy atom. The minimum absolute atomic E-state index is 0.353. The largest absolute Gasteiger partial charge is 0.495 e. The van der Waals surface area contributed by atoms with E-state index in [0.29, 0.717) is 6.54 Å². The van der Waals surface area contributed by atoms with Crippen LogP contribution in [0.2, 0.25) is 0 Å². The van der Waals surface area contributed by atoms with Crippen molar-refractivity contribution in [1.82, 2.24) is 9.47 Å². The number of aryl methyl sites for hydroxylation is 2. The smallest absolute Gasteiger partial charge is 0.319 e. The molecule has 1 saturated heterocycles. The number of primary amides is 1. The van der Waals surface area contributed by atoms with E-state index >= 15 is 0 Å². The summed E-state index contributed by atoms with van der Waals surface area (Å²) in [6.07, 6.45) is 7.64. The molecule has 0 radical (unpaired) electrons. The number of ether oxygens (including phenoxy) is 1. The van der Waals surface area contributed by atoms with Gasteiger partial charge >= 0.3 is 6.03 Å². The Labute approximate surface area is 185 Å². The lowest BCUT2D eigenvalue weighted by Gasteiger charge is -2.36. The molecule has 0 bridgehead atoms. The number of benzene rings is 1. The van der Waals surface area contributed by atoms with Gasteiger partial charge < -0.3 is 19.9 Å². The second-order valence-electron chi connectivity index (χ2n) is 8.54. The van der Waals surface area contributed by atoms with Gasteiger partial charge in [-0.25, -0.2) is 4.79 Å². The number of urea groups is 1. The molecule has 2 N–H and O–H groups in total. The summed E-state index contributed by atoms with van der Waals surface area (Å²) >= 11 is 0. The molecule has 168 valence electrons. The van der Waals surface area contributed by atoms with E-state index < -0.39 is 0 Å². The first-order chi connectivity index (χ1) is 15.2. The van der Waals surface area contributed by atoms with Crippen LogP contribution in [0.15, 0.2) is 36.5 Å². The number of hydrogen-bond donors (Lipinski definition) is 1. The van der Waals surface area contributed by atoms with Gasteiger partial charge in [0.2, 0.25) is 0 Å². The van der Waals surface area contributed by atoms with Gasteiger partial charge in [0.05, 0.1) is 18.5 Å². The van der Waals surface area contributed by atoms with Gasteiger partial charge in [-0.1, -0.05) is 12.1 Å². The summed E-state index contributed by atoms with van der Waals surface area (Å²) in [5.74, 6) is 0.940. The van der Waals surface area contributed by atoms with Crippen molar-refractivity contribution in [3.63, 3.8) is 0 Å². The molecule has 2 amide bonds. The number of anilines is 2. The first-order valence-corrected chi connectivity index (χ1v) is 11.5. The molecule has 0 atom stereocenters. The lowest BCUT2D eigenvalue weighted by Crippen LogP contribution is -2.46. The van der Waals surface area contributed by atoms with E-state index in [4.69, 9.17) is 10.5 Å². The molecule has 7 heteroatoms. The lowest BCUT2D eigenvalue weighted by molar-refractivity contribution is 0.248. The Kier molecular flexibility index (Phi) is 7.02. The fraction of sp³-hybridized carbons (Fsp3) is 0.542. The molecule has 7 nitrogen and oxygen atoms in total. The second kappa shape index (κ2) is 10.1. The van der Waals surface area contributed by atoms with Crippen LogP contribution in [0.1, 0.15) is 31.4 Å². The first-order valence-electron chi connectivity index (χ1n) is 11.5. The van der Waals surface area contributed by atoms with Crippen molar-refractivity contribution in [1.29, 1.82) is 0 Å². The summed E-state index contributed by atoms with van der Waals surface area (Å²) in [4.78, 5) is 18.7. The molecule has 31 heavy (non-hydrogen) atoms. The van der Waals surface area contributed by atoms with Gasteiger partial charge in [0.15, 0.2) is 0 Å². The van der Waals surface area contributed by atoms with Crippen molar-refractivity contribution in [2.45, 2.75) is 38.6 Å². The summed E-state index contributed by atoms with van der Waals surface area (Å²) in [6, 6.07) is 10.0. The highest BCUT2D eigenvalue weighted by Gasteiger charge is 2.20. The zero-order valence-electron chi connectivity index (χ0n) is 18.6. The maximum atomic E-state index is 12.0. The van der Waals surface area contributed by atoms with Crippen LogP contribution in [0.25, 0.3) is 0 Å². The van der Waals surface area contributed by atoms with Crippen LogP contribution in [0.3, 0.4) is 0 Å². The molecule has 0 aliphatic carbocycles. The van der Waals surface area contributed by atoms with Crippen molar-refractivity contribution in [2.75, 3.05) is 56.2 Å². The number of nitrogens with two attached hydrogens (primary N) is 1. The van der Waals surface area contributed by atoms with Crippen LogP contribution >= 0.6 is 0 Å². The summed E-state index contributed by atoms with van der Waals surface area (Å²) in [6.45, 7) is 6.88. The quantitative estimate of drug-likeness (QED) is 0.659. The van der Waals surface area contributed by atoms with Crippen molar-refractivity contribution in [3.8, 4) is 5.75 Å². The molecule has 0 spiro atoms. The number of carbonyl (C=O) groups excluding carboxylic acids is 1. The predicted octanol–water partition coefficient (Wildman–Crippen LogP) is 3.32. The minimum Gasteiger partial charge on any atom is -0.495 e. The average molecular weight is 426 g/mol. The van der Waals surface area contributed by atoms with E-state index in [-0.39, 0.29) is 6.03 Å². The average Bonchev–Trinajstić information content (AvgIpc) is 3.23. The normalized spacial score (nSPS) is 16.7. The van der Waals surface area contributed by atoms with Crippen molar-refractivity contribution in [2.24, 2.45) is 5.73 Å². The molecule has 1 aromatic heterocycles. The lowest BCUT2D eigenvalue weighted by atomic mass is 10.1. The van der Waals surface area contributed by atoms with Crippen LogP contribution in [-0.4, -0.2) is 61.9 Å². The monoisotopic (exact) mass is 425 g/mol. The van der Waals surface area contributed by atoms with Gasteiger partial charge in [-0.15, -0.1) is 0 Å². The highest BCUT2D eigenvalue weighted by atomic mass is 16.5. The summed E-state index contributed by atoms with van der Waals surface area (Å²) in [7, 11) is 1.73. The number of methoxy groups -OCH3 is 1. The van der Waals surface area contributed by atoms with Gasteiger partial charge in [0.25, 0.3) is 0 Å². The van der Waals surface area contributed by atoms with Gasteiger partial charge in [-0.05, 0) is 56.8 Å². The van der Waals surface area contributed by atoms with Crippen LogP contribution in [0.4, 0.5) is 16.2 Å². The molecule has 1 fully saturated rings. The molecule has 0 unspecified atom stereocenters. The third-order valence-corrected chi connectivity index (χ3v) is 6.54. The Hall–Kier alpha value is -2.67. The Morgan fingerprint density at radius 3 is 2.65 bits per heavy atom. The number of fused-ring (bicyclic) bond motifs is 1. The van der Waals surface area contributed by atoms with Gasteiger partial charge in [-0.3, -0.25) is 9.80 Å². The molecule has 1 aromatic carbocycles. The number of nitrogens with zero attached hydrogens (tertiary/aromatic N) is 4. The molecule has 2 aromatic rings. The van der Waals surface area contributed by atoms with Gasteiger partial charge in [0, 0.05) is 51.2 Å². The van der Waals surface area contributed by atoms with Crippen LogP contribution in [-0.2, 0) is 13.0 Å². The van der Waals surface area contributed by atoms with Crippen LogP contribution in [0, 0.1) is 0 Å². The number of rotatable bonds is 8. The Balaban J connectivity index is 1.22. The SMILES string of the molecule is COc1ccccc1N1CCN(CCCCN(C(N)=O)c2cc3n(c2)CCCC3)CC1. The van der Waals surface area contributed by atoms with E-state index in [1.165, 1.54) is 24.2 Å². The summed E-state index contributed by atoms with van der Waals surface area (Å²) in [5.41, 5.74) is 9.15. The predicted molar refractivity (Wildman–Crippen MR) is 125 cm³/mol. The molecular weight excluding hydrogens is 390 g/mol. The highest BCUT2D eigenvalue weighted by molar-refractivity contribution is 5.90. The van der Waals surface area contributed by atoms with E-state index in [0.717, 1.165) is 70.0 Å². The fourth-order valence-electron chi connectivity index (χ4n) is 4.77. The first kappa shape index (κ1) is 21.6. The van der Waals surface area contributed by atoms with Crippen molar-refractivity contribution < 1.29 is 9.53 Å². The van der Waals surface area contributed by atoms with E-state index in [2.05, 4.69) is 38.8 Å². The van der Waals surface area contributed by atoms with E-state index in [1.54, 1.807) is 12.0 Å². The topological polar surface area (TPSA) is 67.0 Å².